The van der Waals surface area contributed by atoms with Crippen molar-refractivity contribution in [3.63, 3.8) is 0 Å². The number of amides is 1. The van der Waals surface area contributed by atoms with E-state index in [9.17, 15) is 9.59 Å². The molecule has 1 amide bonds. The van der Waals surface area contributed by atoms with Gasteiger partial charge in [-0.3, -0.25) is 4.79 Å². The quantitative estimate of drug-likeness (QED) is 0.661. The first-order chi connectivity index (χ1) is 9.58. The van der Waals surface area contributed by atoms with E-state index in [2.05, 4.69) is 5.32 Å². The summed E-state index contributed by atoms with van der Waals surface area (Å²) in [5.41, 5.74) is 0.322. The van der Waals surface area contributed by atoms with Crippen molar-refractivity contribution in [1.82, 2.24) is 5.32 Å². The van der Waals surface area contributed by atoms with Crippen molar-refractivity contribution in [1.29, 1.82) is 0 Å². The molecule has 1 rings (SSSR count). The van der Waals surface area contributed by atoms with E-state index in [0.717, 1.165) is 6.42 Å². The zero-order valence-electron chi connectivity index (χ0n) is 11.3. The predicted molar refractivity (Wildman–Crippen MR) is 72.8 cm³/mol. The number of aliphatic hydroxyl groups excluding tert-OH is 1. The Morgan fingerprint density at radius 3 is 2.75 bits per heavy atom. The summed E-state index contributed by atoms with van der Waals surface area (Å²) in [6.07, 6.45) is 0.821. The van der Waals surface area contributed by atoms with Crippen LogP contribution < -0.4 is 10.1 Å². The van der Waals surface area contributed by atoms with E-state index in [-0.39, 0.29) is 13.0 Å². The van der Waals surface area contributed by atoms with Crippen molar-refractivity contribution in [3.8, 4) is 5.75 Å². The number of carbonyl (C=O) groups excluding carboxylic acids is 1. The third-order valence-corrected chi connectivity index (χ3v) is 2.59. The van der Waals surface area contributed by atoms with Crippen LogP contribution in [0.3, 0.4) is 0 Å². The first kappa shape index (κ1) is 16.0. The number of ether oxygens (including phenoxy) is 1. The highest BCUT2D eigenvalue weighted by Crippen LogP contribution is 2.13. The number of hydrogen-bond donors (Lipinski definition) is 3. The minimum absolute atomic E-state index is 0.0346. The van der Waals surface area contributed by atoms with Gasteiger partial charge in [-0.25, -0.2) is 4.79 Å². The molecule has 0 bridgehead atoms. The molecule has 0 saturated heterocycles. The van der Waals surface area contributed by atoms with E-state index >= 15 is 0 Å². The van der Waals surface area contributed by atoms with Crippen LogP contribution in [0, 0.1) is 0 Å². The van der Waals surface area contributed by atoms with Gasteiger partial charge in [-0.1, -0.05) is 13.0 Å². The van der Waals surface area contributed by atoms with Crippen LogP contribution >= 0.6 is 0 Å². The molecule has 20 heavy (non-hydrogen) atoms. The maximum absolute atomic E-state index is 11.9. The molecule has 0 spiro atoms. The molecular formula is C14H19NO5. The molecule has 1 unspecified atom stereocenters. The van der Waals surface area contributed by atoms with Crippen molar-refractivity contribution < 1.29 is 24.5 Å². The Balaban J connectivity index is 2.73. The van der Waals surface area contributed by atoms with Crippen LogP contribution in [0.4, 0.5) is 0 Å². The number of rotatable bonds is 8. The lowest BCUT2D eigenvalue weighted by Gasteiger charge is -2.13. The van der Waals surface area contributed by atoms with Crippen LogP contribution in [-0.2, 0) is 4.79 Å². The van der Waals surface area contributed by atoms with Gasteiger partial charge in [0.1, 0.15) is 11.8 Å². The molecule has 3 N–H and O–H groups in total. The molecule has 0 heterocycles. The van der Waals surface area contributed by atoms with Gasteiger partial charge in [-0.15, -0.1) is 0 Å². The topological polar surface area (TPSA) is 95.9 Å². The molecule has 0 aliphatic heterocycles. The molecule has 0 fully saturated rings. The van der Waals surface area contributed by atoms with Gasteiger partial charge >= 0.3 is 5.97 Å². The van der Waals surface area contributed by atoms with E-state index in [1.165, 1.54) is 0 Å². The predicted octanol–water partition coefficient (Wildman–Crippen LogP) is 1.04. The molecular weight excluding hydrogens is 262 g/mol. The van der Waals surface area contributed by atoms with Crippen LogP contribution in [-0.4, -0.2) is 41.3 Å². The molecule has 0 aliphatic carbocycles. The maximum atomic E-state index is 11.9. The third kappa shape index (κ3) is 4.89. The van der Waals surface area contributed by atoms with Crippen molar-refractivity contribution in [2.75, 3.05) is 13.2 Å². The lowest BCUT2D eigenvalue weighted by atomic mass is 10.1. The maximum Gasteiger partial charge on any atom is 0.326 e. The van der Waals surface area contributed by atoms with E-state index in [1.807, 2.05) is 6.92 Å². The Kier molecular flexibility index (Phi) is 6.52. The molecule has 0 aliphatic rings. The zero-order valence-corrected chi connectivity index (χ0v) is 11.3. The Bertz CT molecular complexity index is 461. The Hall–Kier alpha value is -2.08. The number of carboxylic acids is 1. The number of carbonyl (C=O) groups is 2. The lowest BCUT2D eigenvalue weighted by molar-refractivity contribution is -0.139. The van der Waals surface area contributed by atoms with Crippen LogP contribution in [0.25, 0.3) is 0 Å². The summed E-state index contributed by atoms with van der Waals surface area (Å²) >= 11 is 0. The monoisotopic (exact) mass is 281 g/mol. The normalized spacial score (nSPS) is 11.7. The second-order valence-corrected chi connectivity index (χ2v) is 4.25. The highest BCUT2D eigenvalue weighted by atomic mass is 16.5. The smallest absolute Gasteiger partial charge is 0.326 e. The van der Waals surface area contributed by atoms with E-state index < -0.39 is 17.9 Å². The molecule has 6 nitrogen and oxygen atoms in total. The summed E-state index contributed by atoms with van der Waals surface area (Å²) in [7, 11) is 0. The Labute approximate surface area is 117 Å². The number of benzene rings is 1. The largest absolute Gasteiger partial charge is 0.494 e. The van der Waals surface area contributed by atoms with Crippen LogP contribution in [0.2, 0.25) is 0 Å². The molecule has 1 atom stereocenters. The average Bonchev–Trinajstić information content (AvgIpc) is 2.44. The molecule has 6 heteroatoms. The minimum atomic E-state index is -1.18. The van der Waals surface area contributed by atoms with Crippen LogP contribution in [0.1, 0.15) is 30.1 Å². The zero-order chi connectivity index (χ0) is 15.0. The number of hydrogen-bond acceptors (Lipinski definition) is 4. The molecule has 110 valence electrons. The van der Waals surface area contributed by atoms with E-state index in [1.54, 1.807) is 24.3 Å². The molecule has 1 aromatic rings. The summed E-state index contributed by atoms with van der Waals surface area (Å²) in [5.74, 6) is -1.12. The SMILES string of the molecule is CCCOc1cccc(C(=O)NC(CCO)C(=O)O)c1. The van der Waals surface area contributed by atoms with Gasteiger partial charge in [0, 0.05) is 18.6 Å². The summed E-state index contributed by atoms with van der Waals surface area (Å²) in [4.78, 5) is 22.9. The van der Waals surface area contributed by atoms with Crippen molar-refractivity contribution in [2.24, 2.45) is 0 Å². The standard InChI is InChI=1S/C14H19NO5/c1-2-8-20-11-5-3-4-10(9-11)13(17)15-12(6-7-16)14(18)19/h3-5,9,12,16H,2,6-8H2,1H3,(H,15,17)(H,18,19). The molecule has 0 aromatic heterocycles. The van der Waals surface area contributed by atoms with Gasteiger partial charge in [0.15, 0.2) is 0 Å². The lowest BCUT2D eigenvalue weighted by Crippen LogP contribution is -2.41. The van der Waals surface area contributed by atoms with Gasteiger partial charge in [0.25, 0.3) is 5.91 Å². The fraction of sp³-hybridized carbons (Fsp3) is 0.429. The summed E-state index contributed by atoms with van der Waals surface area (Å²) in [6.45, 7) is 2.22. The third-order valence-electron chi connectivity index (χ3n) is 2.59. The number of nitrogens with one attached hydrogen (secondary N) is 1. The van der Waals surface area contributed by atoms with Gasteiger partial charge < -0.3 is 20.3 Å². The second kappa shape index (κ2) is 8.16. The van der Waals surface area contributed by atoms with Crippen molar-refractivity contribution in [2.45, 2.75) is 25.8 Å². The number of carboxylic acid groups (broad SMARTS) is 1. The molecule has 1 aromatic carbocycles. The van der Waals surface area contributed by atoms with Gasteiger partial charge in [0.05, 0.1) is 6.61 Å². The van der Waals surface area contributed by atoms with E-state index in [0.29, 0.717) is 17.9 Å². The first-order valence-corrected chi connectivity index (χ1v) is 6.45. The Morgan fingerprint density at radius 1 is 1.40 bits per heavy atom. The van der Waals surface area contributed by atoms with Crippen LogP contribution in [0.15, 0.2) is 24.3 Å². The number of aliphatic carboxylic acids is 1. The average molecular weight is 281 g/mol. The van der Waals surface area contributed by atoms with E-state index in [4.69, 9.17) is 14.9 Å². The fourth-order valence-electron chi connectivity index (χ4n) is 1.58. The van der Waals surface area contributed by atoms with Gasteiger partial charge in [-0.2, -0.15) is 0 Å². The fourth-order valence-corrected chi connectivity index (χ4v) is 1.58. The molecule has 0 saturated carbocycles. The van der Waals surface area contributed by atoms with Crippen molar-refractivity contribution in [3.05, 3.63) is 29.8 Å². The minimum Gasteiger partial charge on any atom is -0.494 e. The highest BCUT2D eigenvalue weighted by molar-refractivity contribution is 5.96. The highest BCUT2D eigenvalue weighted by Gasteiger charge is 2.20. The first-order valence-electron chi connectivity index (χ1n) is 6.45. The van der Waals surface area contributed by atoms with Crippen molar-refractivity contribution >= 4 is 11.9 Å². The molecule has 0 radical (unpaired) electrons. The number of aliphatic hydroxyl groups is 1. The second-order valence-electron chi connectivity index (χ2n) is 4.25. The summed E-state index contributed by atoms with van der Waals surface area (Å²) in [5, 5.41) is 20.1. The Morgan fingerprint density at radius 2 is 2.15 bits per heavy atom. The van der Waals surface area contributed by atoms with Gasteiger partial charge in [-0.05, 0) is 24.6 Å². The summed E-state index contributed by atoms with van der Waals surface area (Å²) in [6, 6.07) is 5.43. The summed E-state index contributed by atoms with van der Waals surface area (Å²) < 4.78 is 5.41. The van der Waals surface area contributed by atoms with Crippen LogP contribution in [0.5, 0.6) is 5.75 Å². The van der Waals surface area contributed by atoms with Gasteiger partial charge in [0.2, 0.25) is 0 Å².